The van der Waals surface area contributed by atoms with E-state index < -0.39 is 0 Å². The average molecular weight is 494 g/mol. The lowest BCUT2D eigenvalue weighted by molar-refractivity contribution is 0.0986. The topological polar surface area (TPSA) is 51.0 Å². The van der Waals surface area contributed by atoms with Crippen LogP contribution in [0.3, 0.4) is 0 Å². The zero-order valence-electron chi connectivity index (χ0n) is 17.1. The molecule has 0 radical (unpaired) electrons. The Labute approximate surface area is 199 Å². The highest BCUT2D eigenvalue weighted by Crippen LogP contribution is 2.35. The minimum Gasteiger partial charge on any atom is -0.282 e. The van der Waals surface area contributed by atoms with Crippen LogP contribution in [0, 0.1) is 20.8 Å². The molecule has 1 amide bonds. The van der Waals surface area contributed by atoms with Crippen LogP contribution < -0.4 is 4.90 Å². The number of fused-ring (bicyclic) bond motifs is 1. The molecule has 0 saturated carbocycles. The van der Waals surface area contributed by atoms with Crippen molar-refractivity contribution < 1.29 is 4.79 Å². The second-order valence-corrected chi connectivity index (χ2v) is 9.51. The minimum atomic E-state index is -0.244. The van der Waals surface area contributed by atoms with Crippen LogP contribution >= 0.6 is 46.1 Å². The van der Waals surface area contributed by atoms with E-state index in [1.807, 2.05) is 43.7 Å². The van der Waals surface area contributed by atoms with E-state index in [9.17, 15) is 4.79 Å². The molecule has 5 nitrogen and oxygen atoms in total. The van der Waals surface area contributed by atoms with E-state index in [-0.39, 0.29) is 5.91 Å². The Hall–Kier alpha value is -2.12. The number of halogens is 3. The van der Waals surface area contributed by atoms with Gasteiger partial charge >= 0.3 is 0 Å². The van der Waals surface area contributed by atoms with Crippen LogP contribution in [0.5, 0.6) is 0 Å². The van der Waals surface area contributed by atoms with Gasteiger partial charge in [0.15, 0.2) is 5.13 Å². The Morgan fingerprint density at radius 1 is 1.06 bits per heavy atom. The highest BCUT2D eigenvalue weighted by atomic mass is 35.5. The van der Waals surface area contributed by atoms with Gasteiger partial charge in [-0.1, -0.05) is 46.1 Å². The van der Waals surface area contributed by atoms with E-state index in [2.05, 4.69) is 5.10 Å². The second kappa shape index (κ2) is 8.79. The average Bonchev–Trinajstić information content (AvgIpc) is 3.28. The van der Waals surface area contributed by atoms with Crippen LogP contribution in [0.4, 0.5) is 5.13 Å². The maximum Gasteiger partial charge on any atom is 0.261 e. The molecule has 9 heteroatoms. The summed E-state index contributed by atoms with van der Waals surface area (Å²) >= 11 is 20.1. The molecule has 0 saturated heterocycles. The fourth-order valence-corrected chi connectivity index (χ4v) is 5.08. The Kier molecular flexibility index (Phi) is 6.26. The number of anilines is 1. The van der Waals surface area contributed by atoms with Crippen LogP contribution in [-0.2, 0) is 6.54 Å². The molecule has 0 bridgehead atoms. The lowest BCUT2D eigenvalue weighted by atomic mass is 10.2. The molecule has 4 aromatic rings. The highest BCUT2D eigenvalue weighted by Gasteiger charge is 2.24. The fourth-order valence-electron chi connectivity index (χ4n) is 3.39. The molecular formula is C22H19Cl3N4OS. The Morgan fingerprint density at radius 2 is 1.84 bits per heavy atom. The number of carbonyl (C=O) groups excluding carboxylic acids is 1. The lowest BCUT2D eigenvalue weighted by Crippen LogP contribution is -2.34. The summed E-state index contributed by atoms with van der Waals surface area (Å²) in [4.78, 5) is 19.9. The van der Waals surface area contributed by atoms with Gasteiger partial charge in [0.05, 0.1) is 33.0 Å². The number of aromatic nitrogens is 3. The number of hydrogen-bond acceptors (Lipinski definition) is 4. The Balaban J connectivity index is 1.75. The van der Waals surface area contributed by atoms with Gasteiger partial charge < -0.3 is 0 Å². The summed E-state index contributed by atoms with van der Waals surface area (Å²) in [5, 5.41) is 6.50. The predicted molar refractivity (Wildman–Crippen MR) is 129 cm³/mol. The largest absolute Gasteiger partial charge is 0.282 e. The molecule has 2 aromatic carbocycles. The molecule has 2 heterocycles. The van der Waals surface area contributed by atoms with E-state index >= 15 is 0 Å². The first-order valence-electron chi connectivity index (χ1n) is 9.58. The molecule has 0 aliphatic carbocycles. The molecule has 0 aliphatic heterocycles. The van der Waals surface area contributed by atoms with Gasteiger partial charge in [-0.15, -0.1) is 0 Å². The summed E-state index contributed by atoms with van der Waals surface area (Å²) in [6.45, 7) is 6.76. The zero-order valence-corrected chi connectivity index (χ0v) is 20.2. The Morgan fingerprint density at radius 3 is 2.52 bits per heavy atom. The van der Waals surface area contributed by atoms with Crippen LogP contribution in [-0.4, -0.2) is 27.2 Å². The first-order valence-corrected chi connectivity index (χ1v) is 11.5. The quantitative estimate of drug-likeness (QED) is 0.310. The number of benzene rings is 2. The second-order valence-electron chi connectivity index (χ2n) is 7.25. The number of thiazole rings is 1. The molecule has 0 atom stereocenters. The van der Waals surface area contributed by atoms with Gasteiger partial charge in [-0.2, -0.15) is 5.10 Å². The van der Waals surface area contributed by atoms with Crippen molar-refractivity contribution in [1.82, 2.24) is 14.8 Å². The molecule has 0 spiro atoms. The van der Waals surface area contributed by atoms with Crippen LogP contribution in [0.25, 0.3) is 10.2 Å². The maximum atomic E-state index is 13.5. The van der Waals surface area contributed by atoms with Crippen molar-refractivity contribution >= 4 is 67.4 Å². The number of amides is 1. The van der Waals surface area contributed by atoms with Crippen molar-refractivity contribution in [3.8, 4) is 0 Å². The summed E-state index contributed by atoms with van der Waals surface area (Å²) in [5.74, 6) is -0.244. The molecule has 2 aromatic heterocycles. The van der Waals surface area contributed by atoms with Gasteiger partial charge in [-0.3, -0.25) is 14.4 Å². The minimum absolute atomic E-state index is 0.244. The third-order valence-corrected chi connectivity index (χ3v) is 7.01. The SMILES string of the molecule is Cc1cc(C)n(CCN(C(=O)c2ccc(Cl)cc2Cl)c2nc3c(C)c(Cl)ccc3s2)n1. The highest BCUT2D eigenvalue weighted by molar-refractivity contribution is 7.22. The van der Waals surface area contributed by atoms with E-state index in [1.54, 1.807) is 23.1 Å². The fraction of sp³-hybridized carbons (Fsp3) is 0.227. The summed E-state index contributed by atoms with van der Waals surface area (Å²) in [7, 11) is 0. The van der Waals surface area contributed by atoms with Crippen LogP contribution in [0.15, 0.2) is 36.4 Å². The summed E-state index contributed by atoms with van der Waals surface area (Å²) in [5.41, 5.74) is 4.01. The van der Waals surface area contributed by atoms with Crippen LogP contribution in [0.1, 0.15) is 27.3 Å². The summed E-state index contributed by atoms with van der Waals surface area (Å²) in [6, 6.07) is 10.6. The standard InChI is InChI=1S/C22H19Cl3N4OS/c1-12-10-13(2)29(27-12)9-8-28(21(30)16-5-4-15(23)11-18(16)25)22-26-20-14(3)17(24)6-7-19(20)31-22/h4-7,10-11H,8-9H2,1-3H3. The smallest absolute Gasteiger partial charge is 0.261 e. The van der Waals surface area contributed by atoms with E-state index in [0.29, 0.717) is 38.9 Å². The third kappa shape index (κ3) is 4.44. The molecule has 0 fully saturated rings. The molecule has 4 rings (SSSR count). The van der Waals surface area contributed by atoms with E-state index in [0.717, 1.165) is 27.2 Å². The first-order chi connectivity index (χ1) is 14.7. The van der Waals surface area contributed by atoms with Crippen LogP contribution in [0.2, 0.25) is 15.1 Å². The van der Waals surface area contributed by atoms with Crippen molar-refractivity contribution in [1.29, 1.82) is 0 Å². The first kappa shape index (κ1) is 22.1. The van der Waals surface area contributed by atoms with Gasteiger partial charge in [0.1, 0.15) is 0 Å². The van der Waals surface area contributed by atoms with Gasteiger partial charge in [0.2, 0.25) is 0 Å². The normalized spacial score (nSPS) is 11.3. The molecule has 0 aliphatic rings. The van der Waals surface area contributed by atoms with Gasteiger partial charge in [0.25, 0.3) is 5.91 Å². The van der Waals surface area contributed by atoms with Gasteiger partial charge in [-0.05, 0) is 62.7 Å². The Bertz CT molecular complexity index is 1300. The number of hydrogen-bond donors (Lipinski definition) is 0. The molecular weight excluding hydrogens is 475 g/mol. The number of carbonyl (C=O) groups is 1. The number of nitrogens with zero attached hydrogens (tertiary/aromatic N) is 4. The molecule has 0 N–H and O–H groups in total. The van der Waals surface area contributed by atoms with E-state index in [4.69, 9.17) is 39.8 Å². The third-order valence-electron chi connectivity index (χ3n) is 5.01. The van der Waals surface area contributed by atoms with Crippen molar-refractivity contribution in [2.24, 2.45) is 0 Å². The van der Waals surface area contributed by atoms with Crippen molar-refractivity contribution in [3.63, 3.8) is 0 Å². The van der Waals surface area contributed by atoms with E-state index in [1.165, 1.54) is 11.3 Å². The van der Waals surface area contributed by atoms with Crippen molar-refractivity contribution in [2.45, 2.75) is 27.3 Å². The van der Waals surface area contributed by atoms with Gasteiger partial charge in [0, 0.05) is 22.3 Å². The molecule has 0 unspecified atom stereocenters. The summed E-state index contributed by atoms with van der Waals surface area (Å²) in [6.07, 6.45) is 0. The van der Waals surface area contributed by atoms with Crippen molar-refractivity contribution in [2.75, 3.05) is 11.4 Å². The summed E-state index contributed by atoms with van der Waals surface area (Å²) < 4.78 is 2.84. The molecule has 160 valence electrons. The molecule has 31 heavy (non-hydrogen) atoms. The zero-order chi connectivity index (χ0) is 22.3. The monoisotopic (exact) mass is 492 g/mol. The maximum absolute atomic E-state index is 13.5. The lowest BCUT2D eigenvalue weighted by Gasteiger charge is -2.21. The number of rotatable bonds is 5. The van der Waals surface area contributed by atoms with Gasteiger partial charge in [-0.25, -0.2) is 4.98 Å². The van der Waals surface area contributed by atoms with Crippen molar-refractivity contribution in [3.05, 3.63) is 74.0 Å². The number of aryl methyl sites for hydroxylation is 3. The predicted octanol–water partition coefficient (Wildman–Crippen LogP) is 6.73.